The van der Waals surface area contributed by atoms with Crippen LogP contribution >= 0.6 is 34.3 Å². The molecular formula is C21H14ClFN4O2S2. The first-order valence-electron chi connectivity index (χ1n) is 8.97. The molecule has 0 aliphatic rings. The molecule has 6 nitrogen and oxygen atoms in total. The lowest BCUT2D eigenvalue weighted by Crippen LogP contribution is -2.13. The van der Waals surface area contributed by atoms with Crippen molar-refractivity contribution in [3.8, 4) is 10.6 Å². The van der Waals surface area contributed by atoms with E-state index >= 15 is 0 Å². The number of halogens is 2. The van der Waals surface area contributed by atoms with E-state index < -0.39 is 11.7 Å². The second-order valence-corrected chi connectivity index (χ2v) is 8.60. The van der Waals surface area contributed by atoms with Crippen molar-refractivity contribution in [3.63, 3.8) is 0 Å². The molecule has 2 amide bonds. The van der Waals surface area contributed by atoms with Crippen molar-refractivity contribution < 1.29 is 14.0 Å². The van der Waals surface area contributed by atoms with Gasteiger partial charge in [-0.2, -0.15) is 0 Å². The molecule has 0 unspecified atom stereocenters. The summed E-state index contributed by atoms with van der Waals surface area (Å²) in [6.07, 6.45) is 0. The van der Waals surface area contributed by atoms with E-state index in [0.717, 1.165) is 4.88 Å². The van der Waals surface area contributed by atoms with Crippen LogP contribution in [0.2, 0.25) is 5.02 Å². The number of aryl methyl sites for hydroxylation is 1. The van der Waals surface area contributed by atoms with Crippen molar-refractivity contribution in [1.82, 2.24) is 9.97 Å². The second kappa shape index (κ2) is 8.93. The molecule has 0 aliphatic carbocycles. The Morgan fingerprint density at radius 3 is 2.32 bits per heavy atom. The first-order chi connectivity index (χ1) is 14.9. The second-order valence-electron chi connectivity index (χ2n) is 6.34. The maximum absolute atomic E-state index is 13.8. The summed E-state index contributed by atoms with van der Waals surface area (Å²) in [5.41, 5.74) is 1.57. The van der Waals surface area contributed by atoms with Crippen LogP contribution in [0, 0.1) is 12.7 Å². The van der Waals surface area contributed by atoms with E-state index in [1.807, 2.05) is 0 Å². The number of carbonyl (C=O) groups is 2. The number of aromatic nitrogens is 2. The first kappa shape index (κ1) is 21.1. The Kier molecular flexibility index (Phi) is 6.08. The summed E-state index contributed by atoms with van der Waals surface area (Å²) in [5, 5.41) is 8.20. The van der Waals surface area contributed by atoms with Crippen molar-refractivity contribution in [2.45, 2.75) is 6.92 Å². The van der Waals surface area contributed by atoms with E-state index in [1.165, 1.54) is 40.9 Å². The zero-order chi connectivity index (χ0) is 22.0. The molecule has 0 aliphatic heterocycles. The number of amides is 2. The van der Waals surface area contributed by atoms with Crippen LogP contribution in [0.5, 0.6) is 0 Å². The van der Waals surface area contributed by atoms with Crippen LogP contribution in [0.1, 0.15) is 26.4 Å². The number of anilines is 2. The van der Waals surface area contributed by atoms with Crippen molar-refractivity contribution in [1.29, 1.82) is 0 Å². The molecule has 2 N–H and O–H groups in total. The molecule has 2 aromatic carbocycles. The normalized spacial score (nSPS) is 10.7. The van der Waals surface area contributed by atoms with Gasteiger partial charge in [-0.1, -0.05) is 47.2 Å². The third-order valence-corrected chi connectivity index (χ3v) is 6.39. The third kappa shape index (κ3) is 4.63. The van der Waals surface area contributed by atoms with Crippen LogP contribution in [0.25, 0.3) is 10.6 Å². The minimum Gasteiger partial charge on any atom is -0.298 e. The predicted molar refractivity (Wildman–Crippen MR) is 122 cm³/mol. The molecule has 156 valence electrons. The van der Waals surface area contributed by atoms with E-state index in [4.69, 9.17) is 11.6 Å². The fourth-order valence-electron chi connectivity index (χ4n) is 2.74. The summed E-state index contributed by atoms with van der Waals surface area (Å²) >= 11 is 8.54. The van der Waals surface area contributed by atoms with E-state index in [0.29, 0.717) is 32.2 Å². The van der Waals surface area contributed by atoms with Gasteiger partial charge in [-0.05, 0) is 31.2 Å². The smallest absolute Gasteiger partial charge is 0.260 e. The van der Waals surface area contributed by atoms with Crippen LogP contribution in [-0.4, -0.2) is 21.8 Å². The van der Waals surface area contributed by atoms with E-state index in [1.54, 1.807) is 42.6 Å². The van der Waals surface area contributed by atoms with E-state index in [9.17, 15) is 14.0 Å². The highest BCUT2D eigenvalue weighted by molar-refractivity contribution is 7.20. The Bertz CT molecular complexity index is 1290. The molecule has 0 bridgehead atoms. The highest BCUT2D eigenvalue weighted by atomic mass is 35.5. The van der Waals surface area contributed by atoms with Gasteiger partial charge in [0.15, 0.2) is 10.3 Å². The number of hydrogen-bond donors (Lipinski definition) is 2. The highest BCUT2D eigenvalue weighted by Gasteiger charge is 2.18. The summed E-state index contributed by atoms with van der Waals surface area (Å²) in [6.45, 7) is 1.80. The van der Waals surface area contributed by atoms with Crippen molar-refractivity contribution in [2.75, 3.05) is 10.6 Å². The molecule has 2 heterocycles. The molecule has 0 radical (unpaired) electrons. The number of hydrogen-bond acceptors (Lipinski definition) is 6. The maximum atomic E-state index is 13.8. The Hall–Kier alpha value is -3.14. The quantitative estimate of drug-likeness (QED) is 0.380. The summed E-state index contributed by atoms with van der Waals surface area (Å²) in [6, 6.07) is 12.5. The summed E-state index contributed by atoms with van der Waals surface area (Å²) in [7, 11) is 0. The maximum Gasteiger partial charge on any atom is 0.260 e. The van der Waals surface area contributed by atoms with Gasteiger partial charge in [0.1, 0.15) is 5.82 Å². The zero-order valence-corrected chi connectivity index (χ0v) is 18.4. The number of benzene rings is 2. The monoisotopic (exact) mass is 472 g/mol. The van der Waals surface area contributed by atoms with Gasteiger partial charge in [0.25, 0.3) is 11.8 Å². The fourth-order valence-corrected chi connectivity index (χ4v) is 4.66. The van der Waals surface area contributed by atoms with Gasteiger partial charge in [-0.15, -0.1) is 11.3 Å². The minimum absolute atomic E-state index is 0.0576. The van der Waals surface area contributed by atoms with Crippen molar-refractivity contribution in [2.24, 2.45) is 0 Å². The van der Waals surface area contributed by atoms with Gasteiger partial charge in [0.2, 0.25) is 0 Å². The van der Waals surface area contributed by atoms with Crippen LogP contribution in [0.15, 0.2) is 53.9 Å². The summed E-state index contributed by atoms with van der Waals surface area (Å²) < 4.78 is 13.8. The minimum atomic E-state index is -0.603. The van der Waals surface area contributed by atoms with Crippen LogP contribution in [-0.2, 0) is 0 Å². The molecule has 10 heteroatoms. The standard InChI is InChI=1S/C21H14ClFN4O2S2/c1-11-17(31-21(24-11)27-18(28)12-6-2-4-8-14(12)22)16-10-30-20(25-16)26-19(29)13-7-3-5-9-15(13)23/h2-10H,1H3,(H,24,27,28)(H,25,26,29). The van der Waals surface area contributed by atoms with Gasteiger partial charge in [-0.3, -0.25) is 20.2 Å². The van der Waals surface area contributed by atoms with Gasteiger partial charge >= 0.3 is 0 Å². The van der Waals surface area contributed by atoms with Crippen LogP contribution in [0.4, 0.5) is 14.7 Å². The summed E-state index contributed by atoms with van der Waals surface area (Å²) in [4.78, 5) is 34.3. The average Bonchev–Trinajstić information content (AvgIpc) is 3.34. The van der Waals surface area contributed by atoms with E-state index in [2.05, 4.69) is 20.6 Å². The molecule has 31 heavy (non-hydrogen) atoms. The SMILES string of the molecule is Cc1nc(NC(=O)c2ccccc2Cl)sc1-c1csc(NC(=O)c2ccccc2F)n1. The number of nitrogens with zero attached hydrogens (tertiary/aromatic N) is 2. The van der Waals surface area contributed by atoms with Gasteiger partial charge in [-0.25, -0.2) is 14.4 Å². The molecule has 0 saturated heterocycles. The van der Waals surface area contributed by atoms with Crippen molar-refractivity contribution >= 4 is 56.4 Å². The lowest BCUT2D eigenvalue weighted by atomic mass is 10.2. The van der Waals surface area contributed by atoms with Gasteiger partial charge in [0, 0.05) is 5.38 Å². The topological polar surface area (TPSA) is 84.0 Å². The Morgan fingerprint density at radius 1 is 0.935 bits per heavy atom. The predicted octanol–water partition coefficient (Wildman–Crippen LogP) is 5.87. The first-order valence-corrected chi connectivity index (χ1v) is 11.0. The third-order valence-electron chi connectivity index (χ3n) is 4.21. The Labute approximate surface area is 189 Å². The fraction of sp³-hybridized carbons (Fsp3) is 0.0476. The molecule has 4 aromatic rings. The van der Waals surface area contributed by atoms with Crippen LogP contribution < -0.4 is 10.6 Å². The van der Waals surface area contributed by atoms with E-state index in [-0.39, 0.29) is 11.5 Å². The molecule has 2 aromatic heterocycles. The highest BCUT2D eigenvalue weighted by Crippen LogP contribution is 2.35. The lowest BCUT2D eigenvalue weighted by molar-refractivity contribution is 0.101. The largest absolute Gasteiger partial charge is 0.298 e. The average molecular weight is 473 g/mol. The number of rotatable bonds is 5. The van der Waals surface area contributed by atoms with Gasteiger partial charge in [0.05, 0.1) is 32.4 Å². The lowest BCUT2D eigenvalue weighted by Gasteiger charge is -2.03. The molecule has 0 atom stereocenters. The van der Waals surface area contributed by atoms with Gasteiger partial charge < -0.3 is 0 Å². The molecule has 0 spiro atoms. The zero-order valence-electron chi connectivity index (χ0n) is 16.0. The van der Waals surface area contributed by atoms with Crippen molar-refractivity contribution in [3.05, 3.63) is 81.6 Å². The Balaban J connectivity index is 1.50. The number of nitrogens with one attached hydrogen (secondary N) is 2. The summed E-state index contributed by atoms with van der Waals surface area (Å²) in [5.74, 6) is -1.54. The molecule has 4 rings (SSSR count). The number of carbonyl (C=O) groups excluding carboxylic acids is 2. The Morgan fingerprint density at radius 2 is 1.58 bits per heavy atom. The molecule has 0 saturated carbocycles. The molecule has 0 fully saturated rings. The number of thiazole rings is 2. The van der Waals surface area contributed by atoms with Crippen LogP contribution in [0.3, 0.4) is 0 Å². The molecular weight excluding hydrogens is 459 g/mol.